The van der Waals surface area contributed by atoms with Crippen molar-refractivity contribution in [1.29, 1.82) is 0 Å². The van der Waals surface area contributed by atoms with E-state index >= 15 is 0 Å². The van der Waals surface area contributed by atoms with Crippen molar-refractivity contribution in [2.75, 3.05) is 52.5 Å². The highest BCUT2D eigenvalue weighted by atomic mass is 16.7. The second kappa shape index (κ2) is 4.61. The SMILES string of the molecule is C1CCN(CCN2CCC3(C2)OCCO3)C1. The van der Waals surface area contributed by atoms with Gasteiger partial charge in [-0.05, 0) is 25.9 Å². The molecule has 16 heavy (non-hydrogen) atoms. The van der Waals surface area contributed by atoms with E-state index < -0.39 is 0 Å². The van der Waals surface area contributed by atoms with Gasteiger partial charge >= 0.3 is 0 Å². The van der Waals surface area contributed by atoms with Gasteiger partial charge in [0.1, 0.15) is 0 Å². The van der Waals surface area contributed by atoms with E-state index in [1.54, 1.807) is 0 Å². The van der Waals surface area contributed by atoms with Gasteiger partial charge in [-0.2, -0.15) is 0 Å². The lowest BCUT2D eigenvalue weighted by molar-refractivity contribution is -0.145. The predicted octanol–water partition coefficient (Wildman–Crippen LogP) is 0.531. The molecule has 3 rings (SSSR count). The quantitative estimate of drug-likeness (QED) is 0.701. The van der Waals surface area contributed by atoms with Gasteiger partial charge in [0.25, 0.3) is 0 Å². The predicted molar refractivity (Wildman–Crippen MR) is 61.4 cm³/mol. The molecule has 0 bridgehead atoms. The van der Waals surface area contributed by atoms with E-state index in [4.69, 9.17) is 9.47 Å². The van der Waals surface area contributed by atoms with E-state index in [0.717, 1.165) is 32.7 Å². The summed E-state index contributed by atoms with van der Waals surface area (Å²) in [5.74, 6) is -0.231. The Morgan fingerprint density at radius 2 is 1.56 bits per heavy atom. The Balaban J connectivity index is 1.43. The smallest absolute Gasteiger partial charge is 0.182 e. The van der Waals surface area contributed by atoms with Crippen molar-refractivity contribution in [3.63, 3.8) is 0 Å². The van der Waals surface area contributed by atoms with Crippen LogP contribution >= 0.6 is 0 Å². The average Bonchev–Trinajstić information content (AvgIpc) is 3.01. The van der Waals surface area contributed by atoms with Gasteiger partial charge in [0.15, 0.2) is 5.79 Å². The average molecular weight is 226 g/mol. The molecule has 0 aliphatic carbocycles. The highest BCUT2D eigenvalue weighted by molar-refractivity contribution is 4.87. The number of hydrogen-bond donors (Lipinski definition) is 0. The maximum atomic E-state index is 5.73. The molecule has 0 saturated carbocycles. The number of hydrogen-bond acceptors (Lipinski definition) is 4. The minimum atomic E-state index is -0.231. The zero-order valence-corrected chi connectivity index (χ0v) is 9.99. The maximum absolute atomic E-state index is 5.73. The molecule has 4 heteroatoms. The molecule has 3 heterocycles. The van der Waals surface area contributed by atoms with Gasteiger partial charge in [0.05, 0.1) is 19.8 Å². The summed E-state index contributed by atoms with van der Waals surface area (Å²) in [5, 5.41) is 0. The molecule has 0 aromatic carbocycles. The van der Waals surface area contributed by atoms with Crippen LogP contribution in [0.15, 0.2) is 0 Å². The lowest BCUT2D eigenvalue weighted by Crippen LogP contribution is -2.37. The molecular weight excluding hydrogens is 204 g/mol. The lowest BCUT2D eigenvalue weighted by atomic mass is 10.2. The van der Waals surface area contributed by atoms with Crippen LogP contribution in [0.2, 0.25) is 0 Å². The van der Waals surface area contributed by atoms with Gasteiger partial charge in [-0.25, -0.2) is 0 Å². The summed E-state index contributed by atoms with van der Waals surface area (Å²) < 4.78 is 11.5. The molecule has 92 valence electrons. The maximum Gasteiger partial charge on any atom is 0.182 e. The molecule has 0 atom stereocenters. The Kier molecular flexibility index (Phi) is 3.16. The van der Waals surface area contributed by atoms with Crippen molar-refractivity contribution in [3.8, 4) is 0 Å². The van der Waals surface area contributed by atoms with Gasteiger partial charge in [-0.1, -0.05) is 0 Å². The zero-order valence-electron chi connectivity index (χ0n) is 9.99. The molecule has 3 saturated heterocycles. The molecule has 3 aliphatic rings. The van der Waals surface area contributed by atoms with E-state index in [-0.39, 0.29) is 5.79 Å². The number of ether oxygens (including phenoxy) is 2. The van der Waals surface area contributed by atoms with Crippen LogP contribution in [-0.2, 0) is 9.47 Å². The molecule has 0 aromatic heterocycles. The van der Waals surface area contributed by atoms with Crippen molar-refractivity contribution in [2.45, 2.75) is 25.0 Å². The van der Waals surface area contributed by atoms with Crippen LogP contribution in [0, 0.1) is 0 Å². The normalized spacial score (nSPS) is 30.8. The largest absolute Gasteiger partial charge is 0.346 e. The molecular formula is C12H22N2O2. The highest BCUT2D eigenvalue weighted by Gasteiger charge is 2.42. The Hall–Kier alpha value is -0.160. The third-order valence-corrected chi connectivity index (χ3v) is 4.02. The van der Waals surface area contributed by atoms with E-state index in [1.807, 2.05) is 0 Å². The third kappa shape index (κ3) is 2.25. The van der Waals surface area contributed by atoms with E-state index in [1.165, 1.54) is 39.0 Å². The molecule has 0 amide bonds. The van der Waals surface area contributed by atoms with Crippen molar-refractivity contribution in [1.82, 2.24) is 9.80 Å². The fraction of sp³-hybridized carbons (Fsp3) is 1.00. The molecule has 4 nitrogen and oxygen atoms in total. The summed E-state index contributed by atoms with van der Waals surface area (Å²) in [4.78, 5) is 5.06. The first kappa shape index (κ1) is 11.0. The summed E-state index contributed by atoms with van der Waals surface area (Å²) in [6.45, 7) is 8.65. The molecule has 3 aliphatic heterocycles. The van der Waals surface area contributed by atoms with Gasteiger partial charge in [0.2, 0.25) is 0 Å². The Labute approximate surface area is 97.5 Å². The van der Waals surface area contributed by atoms with Crippen molar-refractivity contribution in [3.05, 3.63) is 0 Å². The first-order valence-corrected chi connectivity index (χ1v) is 6.59. The molecule has 0 aromatic rings. The Morgan fingerprint density at radius 3 is 2.31 bits per heavy atom. The monoisotopic (exact) mass is 226 g/mol. The first-order valence-electron chi connectivity index (χ1n) is 6.59. The molecule has 3 fully saturated rings. The second-order valence-electron chi connectivity index (χ2n) is 5.18. The zero-order chi connectivity index (χ0) is 10.8. The van der Waals surface area contributed by atoms with Crippen LogP contribution < -0.4 is 0 Å². The fourth-order valence-electron chi connectivity index (χ4n) is 3.04. The lowest BCUT2D eigenvalue weighted by Gasteiger charge is -2.24. The molecule has 0 N–H and O–H groups in total. The van der Waals surface area contributed by atoms with E-state index in [9.17, 15) is 0 Å². The van der Waals surface area contributed by atoms with Crippen LogP contribution in [0.1, 0.15) is 19.3 Å². The Morgan fingerprint density at radius 1 is 0.875 bits per heavy atom. The third-order valence-electron chi connectivity index (χ3n) is 4.02. The van der Waals surface area contributed by atoms with Crippen LogP contribution in [0.3, 0.4) is 0 Å². The van der Waals surface area contributed by atoms with Gasteiger partial charge in [-0.3, -0.25) is 4.90 Å². The first-order chi connectivity index (χ1) is 7.86. The van der Waals surface area contributed by atoms with Gasteiger partial charge < -0.3 is 14.4 Å². The van der Waals surface area contributed by atoms with Gasteiger partial charge in [-0.15, -0.1) is 0 Å². The molecule has 0 radical (unpaired) electrons. The number of nitrogens with zero attached hydrogens (tertiary/aromatic N) is 2. The molecule has 1 spiro atoms. The second-order valence-corrected chi connectivity index (χ2v) is 5.18. The van der Waals surface area contributed by atoms with Crippen LogP contribution in [0.25, 0.3) is 0 Å². The number of rotatable bonds is 3. The summed E-state index contributed by atoms with van der Waals surface area (Å²) in [6, 6.07) is 0. The van der Waals surface area contributed by atoms with E-state index in [0.29, 0.717) is 0 Å². The minimum Gasteiger partial charge on any atom is -0.346 e. The van der Waals surface area contributed by atoms with Crippen molar-refractivity contribution < 1.29 is 9.47 Å². The van der Waals surface area contributed by atoms with Crippen LogP contribution in [0.5, 0.6) is 0 Å². The summed E-state index contributed by atoms with van der Waals surface area (Å²) in [6.07, 6.45) is 3.82. The Bertz CT molecular complexity index is 235. The fourth-order valence-corrected chi connectivity index (χ4v) is 3.04. The van der Waals surface area contributed by atoms with Crippen molar-refractivity contribution >= 4 is 0 Å². The molecule has 0 unspecified atom stereocenters. The summed E-state index contributed by atoms with van der Waals surface area (Å²) in [7, 11) is 0. The van der Waals surface area contributed by atoms with E-state index in [2.05, 4.69) is 9.80 Å². The van der Waals surface area contributed by atoms with Gasteiger partial charge in [0, 0.05) is 26.1 Å². The summed E-state index contributed by atoms with van der Waals surface area (Å²) >= 11 is 0. The highest BCUT2D eigenvalue weighted by Crippen LogP contribution is 2.30. The number of likely N-dealkylation sites (tertiary alicyclic amines) is 2. The standard InChI is InChI=1S/C12H22N2O2/c1-2-5-13(4-1)7-8-14-6-3-12(11-14)15-9-10-16-12/h1-11H2. The van der Waals surface area contributed by atoms with Crippen molar-refractivity contribution in [2.24, 2.45) is 0 Å². The topological polar surface area (TPSA) is 24.9 Å². The summed E-state index contributed by atoms with van der Waals surface area (Å²) in [5.41, 5.74) is 0. The van der Waals surface area contributed by atoms with Crippen LogP contribution in [-0.4, -0.2) is 68.1 Å². The minimum absolute atomic E-state index is 0.231. The van der Waals surface area contributed by atoms with Crippen LogP contribution in [0.4, 0.5) is 0 Å².